The van der Waals surface area contributed by atoms with E-state index in [-0.39, 0.29) is 10.8 Å². The van der Waals surface area contributed by atoms with Crippen molar-refractivity contribution >= 4 is 10.8 Å². The molecule has 52 heavy (non-hydrogen) atoms. The molecule has 0 bridgehead atoms. The highest BCUT2D eigenvalue weighted by atomic mass is 14.4. The molecule has 260 valence electrons. The highest BCUT2D eigenvalue weighted by molar-refractivity contribution is 6.05. The van der Waals surface area contributed by atoms with Crippen LogP contribution in [-0.4, -0.2) is 0 Å². The Morgan fingerprint density at radius 1 is 0.385 bits per heavy atom. The molecule has 0 heteroatoms. The molecule has 0 N–H and O–H groups in total. The number of fused-ring (bicyclic) bond motifs is 1. The Balaban J connectivity index is 1.65. The number of rotatable bonds is 11. The van der Waals surface area contributed by atoms with Crippen molar-refractivity contribution in [2.45, 2.75) is 78.1 Å². The molecule has 0 aliphatic heterocycles. The fourth-order valence-corrected chi connectivity index (χ4v) is 9.02. The summed E-state index contributed by atoms with van der Waals surface area (Å²) in [6.07, 6.45) is 4.06. The third-order valence-corrected chi connectivity index (χ3v) is 12.2. The van der Waals surface area contributed by atoms with Gasteiger partial charge in [0.05, 0.1) is 0 Å². The van der Waals surface area contributed by atoms with Crippen molar-refractivity contribution in [2.75, 3.05) is 0 Å². The molecule has 0 atom stereocenters. The lowest BCUT2D eigenvalue weighted by Gasteiger charge is -2.37. The third-order valence-electron chi connectivity index (χ3n) is 12.2. The van der Waals surface area contributed by atoms with Crippen LogP contribution in [0, 0.1) is 13.8 Å². The van der Waals surface area contributed by atoms with Crippen LogP contribution in [0.2, 0.25) is 0 Å². The Hall–Kier alpha value is -5.20. The first-order valence-electron chi connectivity index (χ1n) is 19.3. The minimum Gasteiger partial charge on any atom is -0.0642 e. The maximum atomic E-state index is 2.54. The average molecular weight is 677 g/mol. The predicted molar refractivity (Wildman–Crippen MR) is 225 cm³/mol. The summed E-state index contributed by atoms with van der Waals surface area (Å²) in [5.74, 6) is 0. The first-order chi connectivity index (χ1) is 25.4. The quantitative estimate of drug-likeness (QED) is 0.128. The second-order valence-electron chi connectivity index (χ2n) is 14.7. The van der Waals surface area contributed by atoms with Crippen LogP contribution in [0.4, 0.5) is 0 Å². The molecular weight excluding hydrogens is 625 g/mol. The van der Waals surface area contributed by atoms with Gasteiger partial charge in [-0.1, -0.05) is 190 Å². The molecular formula is C52H52. The number of hydrogen-bond acceptors (Lipinski definition) is 0. The lowest BCUT2D eigenvalue weighted by molar-refractivity contribution is 0.479. The molecule has 7 rings (SSSR count). The van der Waals surface area contributed by atoms with Gasteiger partial charge in [-0.2, -0.15) is 0 Å². The van der Waals surface area contributed by atoms with Crippen LogP contribution in [0.15, 0.2) is 158 Å². The van der Waals surface area contributed by atoms with Crippen molar-refractivity contribution in [1.29, 1.82) is 0 Å². The summed E-state index contributed by atoms with van der Waals surface area (Å²) in [4.78, 5) is 0. The van der Waals surface area contributed by atoms with E-state index in [2.05, 4.69) is 199 Å². The maximum Gasteiger partial charge on any atom is 0.0204 e. The molecule has 0 saturated heterocycles. The summed E-state index contributed by atoms with van der Waals surface area (Å²) in [7, 11) is 0. The summed E-state index contributed by atoms with van der Waals surface area (Å²) in [6, 6.07) is 59.8. The zero-order valence-corrected chi connectivity index (χ0v) is 31.8. The van der Waals surface area contributed by atoms with Crippen molar-refractivity contribution in [3.8, 4) is 33.4 Å². The second-order valence-corrected chi connectivity index (χ2v) is 14.7. The molecule has 0 amide bonds. The third kappa shape index (κ3) is 6.09. The van der Waals surface area contributed by atoms with Crippen LogP contribution in [0.1, 0.15) is 86.8 Å². The van der Waals surface area contributed by atoms with Gasteiger partial charge in [-0.05, 0) is 112 Å². The number of hydrogen-bond donors (Lipinski definition) is 0. The van der Waals surface area contributed by atoms with Gasteiger partial charge in [0.1, 0.15) is 0 Å². The largest absolute Gasteiger partial charge is 0.0642 e. The van der Waals surface area contributed by atoms with Crippen LogP contribution < -0.4 is 0 Å². The van der Waals surface area contributed by atoms with Crippen molar-refractivity contribution < 1.29 is 0 Å². The van der Waals surface area contributed by atoms with Crippen LogP contribution in [0.25, 0.3) is 44.2 Å². The monoisotopic (exact) mass is 676 g/mol. The Labute approximate surface area is 312 Å². The van der Waals surface area contributed by atoms with E-state index in [0.717, 1.165) is 25.7 Å². The average Bonchev–Trinajstić information content (AvgIpc) is 3.20. The molecule has 0 radical (unpaired) electrons. The lowest BCUT2D eigenvalue weighted by Crippen LogP contribution is -2.27. The Morgan fingerprint density at radius 3 is 1.40 bits per heavy atom. The van der Waals surface area contributed by atoms with Gasteiger partial charge in [0.25, 0.3) is 0 Å². The van der Waals surface area contributed by atoms with E-state index in [1.54, 1.807) is 0 Å². The zero-order valence-electron chi connectivity index (χ0n) is 31.8. The van der Waals surface area contributed by atoms with E-state index < -0.39 is 0 Å². The normalized spacial score (nSPS) is 12.0. The minimum atomic E-state index is -0.156. The minimum absolute atomic E-state index is 0.101. The van der Waals surface area contributed by atoms with Gasteiger partial charge in [0.15, 0.2) is 0 Å². The van der Waals surface area contributed by atoms with Crippen LogP contribution in [0.5, 0.6) is 0 Å². The standard InChI is InChI=1S/C52H52/c1-7-51(8-2,42-20-13-11-14-21-42)44-35-41-19-17-18-24-45(41)47(36-44)46-33-34-48(52(9-3,10-4)43-22-15-12-16-23-43)50(40-31-27-38(6)28-32-40)49(46)39-29-25-37(5)26-30-39/h11-36H,7-10H2,1-6H3. The first-order valence-corrected chi connectivity index (χ1v) is 19.3. The fraction of sp³-hybridized carbons (Fsp3) is 0.231. The lowest BCUT2D eigenvalue weighted by atomic mass is 9.66. The molecule has 0 nitrogen and oxygen atoms in total. The van der Waals surface area contributed by atoms with E-state index >= 15 is 0 Å². The maximum absolute atomic E-state index is 2.54. The summed E-state index contributed by atoms with van der Waals surface area (Å²) in [5, 5.41) is 2.57. The number of benzene rings is 7. The van der Waals surface area contributed by atoms with Gasteiger partial charge in [-0.25, -0.2) is 0 Å². The van der Waals surface area contributed by atoms with Crippen LogP contribution in [0.3, 0.4) is 0 Å². The molecule has 0 fully saturated rings. The van der Waals surface area contributed by atoms with Gasteiger partial charge in [-0.3, -0.25) is 0 Å². The van der Waals surface area contributed by atoms with Crippen molar-refractivity contribution in [3.63, 3.8) is 0 Å². The van der Waals surface area contributed by atoms with E-state index in [1.807, 2.05) is 0 Å². The summed E-state index contributed by atoms with van der Waals surface area (Å²) >= 11 is 0. The van der Waals surface area contributed by atoms with Crippen molar-refractivity contribution in [1.82, 2.24) is 0 Å². The zero-order chi connectivity index (χ0) is 36.3. The highest BCUT2D eigenvalue weighted by Crippen LogP contribution is 2.51. The van der Waals surface area contributed by atoms with Gasteiger partial charge in [0, 0.05) is 10.8 Å². The summed E-state index contributed by atoms with van der Waals surface area (Å²) in [6.45, 7) is 13.8. The molecule has 0 spiro atoms. The molecule has 7 aromatic carbocycles. The second kappa shape index (κ2) is 14.8. The highest BCUT2D eigenvalue weighted by Gasteiger charge is 2.36. The molecule has 0 saturated carbocycles. The summed E-state index contributed by atoms with van der Waals surface area (Å²) < 4.78 is 0. The predicted octanol–water partition coefficient (Wildman–Crippen LogP) is 14.7. The van der Waals surface area contributed by atoms with Crippen molar-refractivity contribution in [2.24, 2.45) is 0 Å². The molecule has 0 aromatic heterocycles. The number of aryl methyl sites for hydroxylation is 2. The summed E-state index contributed by atoms with van der Waals surface area (Å²) in [5.41, 5.74) is 15.6. The fourth-order valence-electron chi connectivity index (χ4n) is 9.02. The van der Waals surface area contributed by atoms with Gasteiger partial charge < -0.3 is 0 Å². The smallest absolute Gasteiger partial charge is 0.0204 e. The van der Waals surface area contributed by atoms with E-state index in [9.17, 15) is 0 Å². The Kier molecular flexibility index (Phi) is 10.0. The molecule has 0 unspecified atom stereocenters. The van der Waals surface area contributed by atoms with E-state index in [4.69, 9.17) is 0 Å². The van der Waals surface area contributed by atoms with Gasteiger partial charge >= 0.3 is 0 Å². The van der Waals surface area contributed by atoms with Crippen LogP contribution in [-0.2, 0) is 10.8 Å². The topological polar surface area (TPSA) is 0 Å². The molecule has 0 heterocycles. The van der Waals surface area contributed by atoms with E-state index in [0.29, 0.717) is 0 Å². The molecule has 7 aromatic rings. The van der Waals surface area contributed by atoms with Gasteiger partial charge in [-0.15, -0.1) is 0 Å². The molecule has 0 aliphatic carbocycles. The van der Waals surface area contributed by atoms with Crippen molar-refractivity contribution in [3.05, 3.63) is 191 Å². The molecule has 0 aliphatic rings. The Morgan fingerprint density at radius 2 is 0.865 bits per heavy atom. The van der Waals surface area contributed by atoms with Crippen LogP contribution >= 0.6 is 0 Å². The van der Waals surface area contributed by atoms with Gasteiger partial charge in [0.2, 0.25) is 0 Å². The SMILES string of the molecule is CCC(CC)(c1ccccc1)c1cc(-c2ccc(C(CC)(CC)c3ccccc3)c(-c3ccc(C)cc3)c2-c2ccc(C)cc2)c2ccccc2c1. The first kappa shape index (κ1) is 35.2. The van der Waals surface area contributed by atoms with E-state index in [1.165, 1.54) is 77.5 Å². The Bertz CT molecular complexity index is 2270.